The van der Waals surface area contributed by atoms with Crippen molar-refractivity contribution in [3.05, 3.63) is 39.9 Å². The van der Waals surface area contributed by atoms with E-state index in [1.165, 1.54) is 25.2 Å². The number of nitro groups is 1. The van der Waals surface area contributed by atoms with Crippen LogP contribution in [0.5, 0.6) is 0 Å². The van der Waals surface area contributed by atoms with E-state index in [-0.39, 0.29) is 11.3 Å². The summed E-state index contributed by atoms with van der Waals surface area (Å²) < 4.78 is 42.1. The summed E-state index contributed by atoms with van der Waals surface area (Å²) in [6.07, 6.45) is -1.52. The monoisotopic (exact) mass is 360 g/mol. The first kappa shape index (κ1) is 18.7. The molecule has 1 heterocycles. The van der Waals surface area contributed by atoms with E-state index in [1.807, 2.05) is 18.6 Å². The van der Waals surface area contributed by atoms with Crippen molar-refractivity contribution in [3.63, 3.8) is 0 Å². The Morgan fingerprint density at radius 2 is 1.92 bits per heavy atom. The molecule has 9 nitrogen and oxygen atoms in total. The number of hydrogen-bond donors (Lipinski definition) is 1. The van der Waals surface area contributed by atoms with Gasteiger partial charge >= 0.3 is 10.3 Å². The van der Waals surface area contributed by atoms with Crippen LogP contribution in [0, 0.1) is 10.1 Å². The summed E-state index contributed by atoms with van der Waals surface area (Å²) in [4.78, 5) is 10.7. The molecule has 0 spiro atoms. The normalized spacial score (nSPS) is 23.3. The first-order valence-electron chi connectivity index (χ1n) is 7.48. The first-order valence-corrected chi connectivity index (χ1v) is 8.89. The lowest BCUT2D eigenvalue weighted by Gasteiger charge is -2.24. The first-order chi connectivity index (χ1) is 11.3. The molecule has 24 heavy (non-hydrogen) atoms. The second-order valence-corrected chi connectivity index (χ2v) is 6.72. The lowest BCUT2D eigenvalue weighted by Crippen LogP contribution is -2.32. The molecule has 1 aliphatic heterocycles. The summed E-state index contributed by atoms with van der Waals surface area (Å²) in [5.74, 6) is -1.07. The largest absolute Gasteiger partial charge is 0.338 e. The molecular formula is C14H20N2O7S. The molecule has 0 saturated carbocycles. The Kier molecular flexibility index (Phi) is 5.56. The molecule has 2 atom stereocenters. The highest BCUT2D eigenvalue weighted by molar-refractivity contribution is 7.84. The van der Waals surface area contributed by atoms with Gasteiger partial charge in [0.2, 0.25) is 6.29 Å². The quantitative estimate of drug-likeness (QED) is 0.584. The Labute approximate surface area is 140 Å². The molecular weight excluding hydrogens is 340 g/mol. The molecule has 1 N–H and O–H groups in total. The Bertz CT molecular complexity index is 703. The van der Waals surface area contributed by atoms with E-state index in [4.69, 9.17) is 13.7 Å². The molecule has 1 aromatic carbocycles. The number of para-hydroxylation sites is 1. The number of nitrogens with one attached hydrogen (secondary N) is 1. The number of ether oxygens (including phenoxy) is 2. The van der Waals surface area contributed by atoms with Gasteiger partial charge < -0.3 is 9.47 Å². The molecule has 0 amide bonds. The zero-order chi connectivity index (χ0) is 18.0. The van der Waals surface area contributed by atoms with Crippen molar-refractivity contribution < 1.29 is 27.0 Å². The van der Waals surface area contributed by atoms with Crippen LogP contribution in [0.4, 0.5) is 5.69 Å². The molecule has 1 aliphatic rings. The van der Waals surface area contributed by atoms with E-state index in [0.29, 0.717) is 12.8 Å². The van der Waals surface area contributed by atoms with E-state index in [1.54, 1.807) is 6.07 Å². The van der Waals surface area contributed by atoms with Gasteiger partial charge in [0, 0.05) is 13.1 Å². The number of hydrogen-bond acceptors (Lipinski definition) is 7. The van der Waals surface area contributed by atoms with Crippen LogP contribution in [-0.2, 0) is 24.0 Å². The van der Waals surface area contributed by atoms with E-state index in [0.717, 1.165) is 0 Å². The van der Waals surface area contributed by atoms with Gasteiger partial charge in [0.05, 0.1) is 10.5 Å². The lowest BCUT2D eigenvalue weighted by atomic mass is 10.1. The summed E-state index contributed by atoms with van der Waals surface area (Å²) >= 11 is 0. The van der Waals surface area contributed by atoms with Gasteiger partial charge in [0.15, 0.2) is 5.79 Å². The van der Waals surface area contributed by atoms with Crippen molar-refractivity contribution in [3.8, 4) is 0 Å². The molecule has 0 aliphatic carbocycles. The summed E-state index contributed by atoms with van der Waals surface area (Å²) in [5.41, 5.74) is 0.00661. The summed E-state index contributed by atoms with van der Waals surface area (Å²) in [6, 6.07) is 5.94. The average molecular weight is 360 g/mol. The summed E-state index contributed by atoms with van der Waals surface area (Å²) in [5, 5.41) is 11.3. The van der Waals surface area contributed by atoms with Crippen LogP contribution in [0.3, 0.4) is 0 Å². The topological polar surface area (TPSA) is 117 Å². The van der Waals surface area contributed by atoms with Crippen LogP contribution in [0.25, 0.3) is 0 Å². The molecule has 134 valence electrons. The van der Waals surface area contributed by atoms with Crippen LogP contribution in [-0.4, -0.2) is 32.5 Å². The maximum Gasteiger partial charge on any atom is 0.338 e. The lowest BCUT2D eigenvalue weighted by molar-refractivity contribution is -0.386. The van der Waals surface area contributed by atoms with E-state index < -0.39 is 33.4 Å². The van der Waals surface area contributed by atoms with Crippen molar-refractivity contribution in [1.29, 1.82) is 0 Å². The number of nitro benzene ring substituents is 1. The maximum absolute atomic E-state index is 11.7. The minimum Gasteiger partial charge on any atom is -0.336 e. The summed E-state index contributed by atoms with van der Waals surface area (Å²) in [7, 11) is -2.88. The zero-order valence-corrected chi connectivity index (χ0v) is 14.4. The van der Waals surface area contributed by atoms with E-state index in [2.05, 4.69) is 0 Å². The molecule has 0 aromatic heterocycles. The van der Waals surface area contributed by atoms with Gasteiger partial charge in [-0.3, -0.25) is 10.1 Å². The highest BCUT2D eigenvalue weighted by atomic mass is 32.2. The molecule has 2 rings (SSSR count). The van der Waals surface area contributed by atoms with Crippen molar-refractivity contribution in [2.45, 2.75) is 44.9 Å². The number of benzene rings is 1. The predicted molar refractivity (Wildman–Crippen MR) is 84.2 cm³/mol. The molecule has 2 unspecified atom stereocenters. The second-order valence-electron chi connectivity index (χ2n) is 5.21. The van der Waals surface area contributed by atoms with Gasteiger partial charge in [0.25, 0.3) is 5.69 Å². The molecule has 1 aromatic rings. The minimum absolute atomic E-state index is 0.190. The van der Waals surface area contributed by atoms with Crippen LogP contribution in [0.15, 0.2) is 24.3 Å². The maximum atomic E-state index is 11.7. The average Bonchev–Trinajstić information content (AvgIpc) is 2.93. The third kappa shape index (κ3) is 3.73. The van der Waals surface area contributed by atoms with Crippen LogP contribution >= 0.6 is 0 Å². The third-order valence-corrected chi connectivity index (χ3v) is 4.85. The fourth-order valence-electron chi connectivity index (χ4n) is 2.52. The molecule has 1 fully saturated rings. The Morgan fingerprint density at radius 3 is 2.46 bits per heavy atom. The Hall–Kier alpha value is -1.59. The van der Waals surface area contributed by atoms with Crippen molar-refractivity contribution in [2.24, 2.45) is 0 Å². The van der Waals surface area contributed by atoms with E-state index >= 15 is 0 Å². The fraction of sp³-hybridized carbons (Fsp3) is 0.571. The minimum atomic E-state index is -4.07. The van der Waals surface area contributed by atoms with Crippen LogP contribution < -0.4 is 4.72 Å². The van der Waals surface area contributed by atoms with Crippen molar-refractivity contribution in [2.75, 3.05) is 7.05 Å². The Balaban J connectivity index is 2.46. The molecule has 10 heteroatoms. The van der Waals surface area contributed by atoms with E-state index in [9.17, 15) is 18.5 Å². The SMILES string of the molecule is CCC1(CC)OC(OS(=O)(=O)NC)C(c2ccccc2[N+](=O)[O-])O1. The standard InChI is InChI=1S/C14H20N2O7S/c1-4-14(5-2)21-12(13(22-14)23-24(19,20)15-3)10-8-6-7-9-11(10)16(17)18/h6-9,12-13,15H,4-5H2,1-3H3. The number of nitrogens with zero attached hydrogens (tertiary/aromatic N) is 1. The van der Waals surface area contributed by atoms with Crippen LogP contribution in [0.2, 0.25) is 0 Å². The zero-order valence-electron chi connectivity index (χ0n) is 13.6. The van der Waals surface area contributed by atoms with Gasteiger partial charge in [-0.05, 0) is 18.9 Å². The van der Waals surface area contributed by atoms with Crippen molar-refractivity contribution in [1.82, 2.24) is 4.72 Å². The van der Waals surface area contributed by atoms with Gasteiger partial charge in [0.1, 0.15) is 6.10 Å². The molecule has 0 bridgehead atoms. The van der Waals surface area contributed by atoms with Gasteiger partial charge in [-0.15, -0.1) is 0 Å². The number of rotatable bonds is 7. The van der Waals surface area contributed by atoms with Crippen LogP contribution in [0.1, 0.15) is 38.4 Å². The van der Waals surface area contributed by atoms with Gasteiger partial charge in [-0.1, -0.05) is 26.0 Å². The highest BCUT2D eigenvalue weighted by Crippen LogP contribution is 2.45. The smallest absolute Gasteiger partial charge is 0.336 e. The van der Waals surface area contributed by atoms with Crippen molar-refractivity contribution >= 4 is 16.0 Å². The van der Waals surface area contributed by atoms with Gasteiger partial charge in [-0.25, -0.2) is 4.18 Å². The van der Waals surface area contributed by atoms with Gasteiger partial charge in [-0.2, -0.15) is 13.1 Å². The fourth-order valence-corrected chi connectivity index (χ4v) is 3.01. The molecule has 1 saturated heterocycles. The second kappa shape index (κ2) is 7.11. The predicted octanol–water partition coefficient (Wildman–Crippen LogP) is 2.01. The Morgan fingerprint density at radius 1 is 1.29 bits per heavy atom. The summed E-state index contributed by atoms with van der Waals surface area (Å²) in [6.45, 7) is 3.63. The third-order valence-electron chi connectivity index (χ3n) is 3.91. The molecule has 0 radical (unpaired) electrons. The highest BCUT2D eigenvalue weighted by Gasteiger charge is 2.50.